The van der Waals surface area contributed by atoms with Gasteiger partial charge in [-0.3, -0.25) is 4.90 Å². The van der Waals surface area contributed by atoms with E-state index >= 15 is 0 Å². The molecule has 0 amide bonds. The zero-order valence-electron chi connectivity index (χ0n) is 11.5. The van der Waals surface area contributed by atoms with Crippen LogP contribution in [0, 0.1) is 6.92 Å². The van der Waals surface area contributed by atoms with Crippen LogP contribution in [0.3, 0.4) is 0 Å². The second-order valence-electron chi connectivity index (χ2n) is 4.99. The molecule has 100 valence electrons. The minimum Gasteiger partial charge on any atom is -0.379 e. The van der Waals surface area contributed by atoms with Crippen LogP contribution in [0.1, 0.15) is 19.5 Å². The van der Waals surface area contributed by atoms with Gasteiger partial charge in [0, 0.05) is 30.9 Å². The Morgan fingerprint density at radius 1 is 1.28 bits per heavy atom. The molecule has 2 atom stereocenters. The molecular formula is C14H23N3O. The highest BCUT2D eigenvalue weighted by atomic mass is 16.5. The molecule has 0 radical (unpaired) electrons. The van der Waals surface area contributed by atoms with Crippen LogP contribution < -0.4 is 5.32 Å². The SMILES string of the molecule is Cc1cccc(NC(C)C(C)N2CCOCC2)n1. The predicted molar refractivity (Wildman–Crippen MR) is 73.9 cm³/mol. The minimum absolute atomic E-state index is 0.373. The van der Waals surface area contributed by atoms with E-state index in [-0.39, 0.29) is 0 Å². The van der Waals surface area contributed by atoms with Crippen LogP contribution in [-0.2, 0) is 4.74 Å². The molecule has 1 saturated heterocycles. The topological polar surface area (TPSA) is 37.4 Å². The highest BCUT2D eigenvalue weighted by molar-refractivity contribution is 5.36. The molecular weight excluding hydrogens is 226 g/mol. The number of hydrogen-bond acceptors (Lipinski definition) is 4. The largest absolute Gasteiger partial charge is 0.379 e. The number of ether oxygens (including phenoxy) is 1. The maximum Gasteiger partial charge on any atom is 0.126 e. The molecule has 1 aliphatic heterocycles. The van der Waals surface area contributed by atoms with Gasteiger partial charge >= 0.3 is 0 Å². The van der Waals surface area contributed by atoms with Crippen LogP contribution in [-0.4, -0.2) is 48.3 Å². The van der Waals surface area contributed by atoms with Crippen molar-refractivity contribution in [3.63, 3.8) is 0 Å². The van der Waals surface area contributed by atoms with Gasteiger partial charge in [-0.2, -0.15) is 0 Å². The van der Waals surface area contributed by atoms with E-state index in [1.807, 2.05) is 25.1 Å². The Hall–Kier alpha value is -1.13. The highest BCUT2D eigenvalue weighted by Gasteiger charge is 2.22. The molecule has 0 bridgehead atoms. The average Bonchev–Trinajstić information content (AvgIpc) is 2.39. The highest BCUT2D eigenvalue weighted by Crippen LogP contribution is 2.12. The van der Waals surface area contributed by atoms with E-state index in [1.165, 1.54) is 0 Å². The average molecular weight is 249 g/mol. The third-order valence-corrected chi connectivity index (χ3v) is 3.61. The zero-order chi connectivity index (χ0) is 13.0. The van der Waals surface area contributed by atoms with Crippen LogP contribution in [0.15, 0.2) is 18.2 Å². The Bertz CT molecular complexity index is 377. The molecule has 18 heavy (non-hydrogen) atoms. The number of hydrogen-bond donors (Lipinski definition) is 1. The van der Waals surface area contributed by atoms with Gasteiger partial charge in [-0.15, -0.1) is 0 Å². The normalized spacial score (nSPS) is 20.4. The summed E-state index contributed by atoms with van der Waals surface area (Å²) in [6, 6.07) is 6.93. The lowest BCUT2D eigenvalue weighted by atomic mass is 10.1. The summed E-state index contributed by atoms with van der Waals surface area (Å²) in [4.78, 5) is 6.96. The first kappa shape index (κ1) is 13.3. The Morgan fingerprint density at radius 3 is 2.67 bits per heavy atom. The fourth-order valence-corrected chi connectivity index (χ4v) is 2.28. The first-order valence-corrected chi connectivity index (χ1v) is 6.69. The molecule has 1 aromatic heterocycles. The molecule has 2 rings (SSSR count). The molecule has 0 aromatic carbocycles. The van der Waals surface area contributed by atoms with Crippen molar-refractivity contribution in [3.05, 3.63) is 23.9 Å². The van der Waals surface area contributed by atoms with Crippen LogP contribution in [0.5, 0.6) is 0 Å². The standard InChI is InChI=1S/C14H23N3O/c1-11-5-4-6-14(15-11)16-12(2)13(3)17-7-9-18-10-8-17/h4-6,12-13H,7-10H2,1-3H3,(H,15,16). The van der Waals surface area contributed by atoms with E-state index in [4.69, 9.17) is 4.74 Å². The number of pyridine rings is 1. The first-order valence-electron chi connectivity index (χ1n) is 6.69. The number of rotatable bonds is 4. The monoisotopic (exact) mass is 249 g/mol. The number of nitrogens with one attached hydrogen (secondary N) is 1. The van der Waals surface area contributed by atoms with Crippen molar-refractivity contribution in [2.24, 2.45) is 0 Å². The van der Waals surface area contributed by atoms with Gasteiger partial charge in [0.25, 0.3) is 0 Å². The maximum absolute atomic E-state index is 5.39. The van der Waals surface area contributed by atoms with E-state index < -0.39 is 0 Å². The van der Waals surface area contributed by atoms with Gasteiger partial charge in [-0.05, 0) is 32.9 Å². The second-order valence-corrected chi connectivity index (χ2v) is 4.99. The van der Waals surface area contributed by atoms with E-state index in [0.717, 1.165) is 37.8 Å². The van der Waals surface area contributed by atoms with Gasteiger partial charge in [0.2, 0.25) is 0 Å². The maximum atomic E-state index is 5.39. The summed E-state index contributed by atoms with van der Waals surface area (Å²) in [6.07, 6.45) is 0. The Morgan fingerprint density at radius 2 is 2.00 bits per heavy atom. The number of morpholine rings is 1. The molecule has 0 spiro atoms. The summed E-state index contributed by atoms with van der Waals surface area (Å²) in [6.45, 7) is 10.2. The Balaban J connectivity index is 1.92. The zero-order valence-corrected chi connectivity index (χ0v) is 11.5. The van der Waals surface area contributed by atoms with Crippen molar-refractivity contribution in [1.82, 2.24) is 9.88 Å². The second kappa shape index (κ2) is 6.16. The predicted octanol–water partition coefficient (Wildman–Crippen LogP) is 1.91. The number of anilines is 1. The first-order chi connectivity index (χ1) is 8.66. The quantitative estimate of drug-likeness (QED) is 0.884. The number of aryl methyl sites for hydroxylation is 1. The lowest BCUT2D eigenvalue weighted by Crippen LogP contribution is -2.48. The van der Waals surface area contributed by atoms with Crippen LogP contribution >= 0.6 is 0 Å². The molecule has 2 heterocycles. The van der Waals surface area contributed by atoms with Gasteiger partial charge in [0.05, 0.1) is 13.2 Å². The van der Waals surface area contributed by atoms with Gasteiger partial charge in [0.15, 0.2) is 0 Å². The third-order valence-electron chi connectivity index (χ3n) is 3.61. The summed E-state index contributed by atoms with van der Waals surface area (Å²) in [5.74, 6) is 0.961. The lowest BCUT2D eigenvalue weighted by molar-refractivity contribution is 0.0176. The van der Waals surface area contributed by atoms with Crippen molar-refractivity contribution in [1.29, 1.82) is 0 Å². The summed E-state index contributed by atoms with van der Waals surface area (Å²) in [5, 5.41) is 3.49. The van der Waals surface area contributed by atoms with Crippen molar-refractivity contribution in [3.8, 4) is 0 Å². The van der Waals surface area contributed by atoms with Crippen LogP contribution in [0.4, 0.5) is 5.82 Å². The van der Waals surface area contributed by atoms with E-state index in [2.05, 4.69) is 29.0 Å². The van der Waals surface area contributed by atoms with Gasteiger partial charge in [0.1, 0.15) is 5.82 Å². The summed E-state index contributed by atoms with van der Waals surface area (Å²) < 4.78 is 5.39. The van der Waals surface area contributed by atoms with E-state index in [0.29, 0.717) is 12.1 Å². The van der Waals surface area contributed by atoms with Gasteiger partial charge in [-0.25, -0.2) is 4.98 Å². The van der Waals surface area contributed by atoms with E-state index in [9.17, 15) is 0 Å². The third kappa shape index (κ3) is 3.43. The number of aromatic nitrogens is 1. The van der Waals surface area contributed by atoms with Crippen molar-refractivity contribution in [2.45, 2.75) is 32.9 Å². The van der Waals surface area contributed by atoms with Crippen LogP contribution in [0.2, 0.25) is 0 Å². The fourth-order valence-electron chi connectivity index (χ4n) is 2.28. The summed E-state index contributed by atoms with van der Waals surface area (Å²) >= 11 is 0. The molecule has 0 aliphatic carbocycles. The molecule has 2 unspecified atom stereocenters. The smallest absolute Gasteiger partial charge is 0.126 e. The summed E-state index contributed by atoms with van der Waals surface area (Å²) in [5.41, 5.74) is 1.05. The molecule has 1 aromatic rings. The van der Waals surface area contributed by atoms with Crippen molar-refractivity contribution in [2.75, 3.05) is 31.6 Å². The molecule has 0 saturated carbocycles. The van der Waals surface area contributed by atoms with Crippen molar-refractivity contribution >= 4 is 5.82 Å². The Kier molecular flexibility index (Phi) is 4.55. The Labute approximate surface area is 109 Å². The molecule has 1 aliphatic rings. The summed E-state index contributed by atoms with van der Waals surface area (Å²) in [7, 11) is 0. The minimum atomic E-state index is 0.373. The lowest BCUT2D eigenvalue weighted by Gasteiger charge is -2.36. The fraction of sp³-hybridized carbons (Fsp3) is 0.643. The number of nitrogens with zero attached hydrogens (tertiary/aromatic N) is 2. The van der Waals surface area contributed by atoms with Crippen LogP contribution in [0.25, 0.3) is 0 Å². The van der Waals surface area contributed by atoms with Crippen molar-refractivity contribution < 1.29 is 4.74 Å². The van der Waals surface area contributed by atoms with Gasteiger partial charge in [-0.1, -0.05) is 6.07 Å². The molecule has 1 fully saturated rings. The van der Waals surface area contributed by atoms with E-state index in [1.54, 1.807) is 0 Å². The molecule has 4 heteroatoms. The molecule has 1 N–H and O–H groups in total. The molecule has 4 nitrogen and oxygen atoms in total. The van der Waals surface area contributed by atoms with Gasteiger partial charge < -0.3 is 10.1 Å².